The highest BCUT2D eigenvalue weighted by molar-refractivity contribution is 5.88. The molecule has 0 aliphatic heterocycles. The number of nitrogens with zero attached hydrogens (tertiary/aromatic N) is 2. The second-order valence-electron chi connectivity index (χ2n) is 15.6. The van der Waals surface area contributed by atoms with Crippen LogP contribution in [0.25, 0.3) is 0 Å². The molecule has 2 aliphatic carbocycles. The van der Waals surface area contributed by atoms with Gasteiger partial charge < -0.3 is 19.8 Å². The summed E-state index contributed by atoms with van der Waals surface area (Å²) in [6, 6.07) is 2.51. The van der Waals surface area contributed by atoms with Gasteiger partial charge in [-0.25, -0.2) is 0 Å². The van der Waals surface area contributed by atoms with Gasteiger partial charge in [-0.2, -0.15) is 5.26 Å². The maximum Gasteiger partial charge on any atom is 0.136 e. The molecule has 2 saturated carbocycles. The van der Waals surface area contributed by atoms with Crippen LogP contribution >= 0.6 is 0 Å². The number of aliphatic hydroxyl groups is 1. The standard InChI is InChI=1S/C35H62N2O5.C4H6.C2H6/c1-13-28-16-31(38)25(6)29(15-27-14-21(2)30(20-36)34(9,19-27)42-12)22(3)17-33(8,41-11)18-23(4)32(37-40)24(5)26(7)35(28,10)39;1-3-4-2;1-2/h21-30,39-40H,13-19H2,1-12H3;1-2H3;1-2H3/b37-32+;;/t21?,22-,23-,24?,25-,26?,27+,28+,29+,30+,33+,34-,35+;;/m1../s1. The third-order valence-electron chi connectivity index (χ3n) is 12.5. The Hall–Kier alpha value is -1.93. The fourth-order valence-corrected chi connectivity index (χ4v) is 9.05. The van der Waals surface area contributed by atoms with Crippen LogP contribution in [0.3, 0.4) is 0 Å². The Labute approximate surface area is 296 Å². The zero-order chi connectivity index (χ0) is 37.6. The largest absolute Gasteiger partial charge is 0.411 e. The number of ketones is 1. The van der Waals surface area contributed by atoms with Crippen LogP contribution in [0.5, 0.6) is 0 Å². The van der Waals surface area contributed by atoms with Gasteiger partial charge in [0.05, 0.1) is 34.5 Å². The minimum atomic E-state index is -1.11. The molecule has 7 nitrogen and oxygen atoms in total. The van der Waals surface area contributed by atoms with Crippen LogP contribution in [-0.2, 0) is 14.3 Å². The lowest BCUT2D eigenvalue weighted by molar-refractivity contribution is -0.132. The molecule has 2 fully saturated rings. The van der Waals surface area contributed by atoms with Crippen molar-refractivity contribution in [2.75, 3.05) is 14.2 Å². The maximum absolute atomic E-state index is 14.1. The fraction of sp³-hybridized carbons (Fsp3) is 0.878. The Bertz CT molecular complexity index is 1100. The Morgan fingerprint density at radius 3 is 1.92 bits per heavy atom. The number of Topliss-reactive ketones (excluding diaryl/α,β-unsaturated/α-hetero) is 1. The van der Waals surface area contributed by atoms with Crippen LogP contribution < -0.4 is 0 Å². The van der Waals surface area contributed by atoms with Crippen molar-refractivity contribution >= 4 is 11.5 Å². The van der Waals surface area contributed by atoms with Gasteiger partial charge in [0, 0.05) is 38.4 Å². The number of ether oxygens (including phenoxy) is 2. The molecule has 278 valence electrons. The predicted molar refractivity (Wildman–Crippen MR) is 199 cm³/mol. The molecule has 0 bridgehead atoms. The molecule has 0 saturated heterocycles. The van der Waals surface area contributed by atoms with E-state index in [1.807, 2.05) is 55.4 Å². The molecule has 7 heteroatoms. The van der Waals surface area contributed by atoms with E-state index in [-0.39, 0.29) is 59.0 Å². The van der Waals surface area contributed by atoms with Crippen molar-refractivity contribution in [1.82, 2.24) is 0 Å². The first-order valence-corrected chi connectivity index (χ1v) is 18.7. The highest BCUT2D eigenvalue weighted by atomic mass is 16.5. The number of methoxy groups -OCH3 is 2. The molecule has 2 N–H and O–H groups in total. The van der Waals surface area contributed by atoms with Crippen molar-refractivity contribution in [3.05, 3.63) is 0 Å². The lowest BCUT2D eigenvalue weighted by Gasteiger charge is -2.47. The van der Waals surface area contributed by atoms with Gasteiger partial charge in [0.25, 0.3) is 0 Å². The average molecular weight is 675 g/mol. The van der Waals surface area contributed by atoms with Crippen molar-refractivity contribution in [3.63, 3.8) is 0 Å². The predicted octanol–water partition coefficient (Wildman–Crippen LogP) is 9.59. The quantitative estimate of drug-likeness (QED) is 0.171. The summed E-state index contributed by atoms with van der Waals surface area (Å²) in [5.41, 5.74) is -1.43. The van der Waals surface area contributed by atoms with Crippen molar-refractivity contribution in [3.8, 4) is 17.9 Å². The number of hydrogen-bond acceptors (Lipinski definition) is 7. The van der Waals surface area contributed by atoms with E-state index in [1.165, 1.54) is 0 Å². The number of oxime groups is 1. The van der Waals surface area contributed by atoms with E-state index in [0.29, 0.717) is 30.9 Å². The van der Waals surface area contributed by atoms with Crippen LogP contribution in [0.1, 0.15) is 142 Å². The Kier molecular flexibility index (Phi) is 19.8. The first kappa shape index (κ1) is 46.1. The van der Waals surface area contributed by atoms with E-state index in [4.69, 9.17) is 9.47 Å². The molecule has 0 radical (unpaired) electrons. The lowest BCUT2D eigenvalue weighted by Crippen LogP contribution is -2.49. The van der Waals surface area contributed by atoms with E-state index in [0.717, 1.165) is 25.7 Å². The van der Waals surface area contributed by atoms with Crippen molar-refractivity contribution in [2.24, 2.45) is 64.3 Å². The second-order valence-corrected chi connectivity index (χ2v) is 15.6. The molecule has 0 aromatic rings. The molecule has 2 rings (SSSR count). The Balaban J connectivity index is 0.00000341. The topological polar surface area (TPSA) is 112 Å². The van der Waals surface area contributed by atoms with Gasteiger partial charge in [-0.05, 0) is 102 Å². The molecule has 48 heavy (non-hydrogen) atoms. The highest BCUT2D eigenvalue weighted by Gasteiger charge is 2.48. The van der Waals surface area contributed by atoms with E-state index in [1.54, 1.807) is 14.2 Å². The number of rotatable bonds is 5. The van der Waals surface area contributed by atoms with Crippen molar-refractivity contribution < 1.29 is 24.6 Å². The molecule has 13 atom stereocenters. The van der Waals surface area contributed by atoms with Gasteiger partial charge in [-0.1, -0.05) is 73.9 Å². The molecule has 2 aliphatic rings. The zero-order valence-electron chi connectivity index (χ0n) is 33.7. The number of nitriles is 1. The van der Waals surface area contributed by atoms with Crippen molar-refractivity contribution in [1.29, 1.82) is 5.26 Å². The van der Waals surface area contributed by atoms with Crippen LogP contribution in [0.2, 0.25) is 0 Å². The summed E-state index contributed by atoms with van der Waals surface area (Å²) in [6.45, 7) is 28.3. The lowest BCUT2D eigenvalue weighted by atomic mass is 9.61. The molecule has 0 aromatic carbocycles. The number of hydrogen-bond donors (Lipinski definition) is 2. The van der Waals surface area contributed by atoms with E-state index in [9.17, 15) is 20.4 Å². The van der Waals surface area contributed by atoms with Gasteiger partial charge in [-0.3, -0.25) is 4.79 Å². The van der Waals surface area contributed by atoms with Gasteiger partial charge in [0.1, 0.15) is 5.78 Å². The van der Waals surface area contributed by atoms with Crippen LogP contribution in [0.15, 0.2) is 5.16 Å². The summed E-state index contributed by atoms with van der Waals surface area (Å²) in [5.74, 6) is 5.45. The fourth-order valence-electron chi connectivity index (χ4n) is 9.05. The van der Waals surface area contributed by atoms with Crippen LogP contribution in [-0.4, -0.2) is 52.8 Å². The molecule has 0 spiro atoms. The molecular formula is C41H74N2O5. The van der Waals surface area contributed by atoms with Crippen LogP contribution in [0.4, 0.5) is 0 Å². The summed E-state index contributed by atoms with van der Waals surface area (Å²) in [5, 5.41) is 35.8. The Morgan fingerprint density at radius 1 is 0.917 bits per heavy atom. The molecule has 3 unspecified atom stereocenters. The molecular weight excluding hydrogens is 600 g/mol. The summed E-state index contributed by atoms with van der Waals surface area (Å²) in [6.07, 6.45) is 5.08. The summed E-state index contributed by atoms with van der Waals surface area (Å²) in [4.78, 5) is 14.1. The second kappa shape index (κ2) is 20.7. The molecule has 0 heterocycles. The maximum atomic E-state index is 14.1. The number of carbonyl (C=O) groups excluding carboxylic acids is 1. The third kappa shape index (κ3) is 11.6. The molecule has 0 amide bonds. The summed E-state index contributed by atoms with van der Waals surface area (Å²) >= 11 is 0. The van der Waals surface area contributed by atoms with Gasteiger partial charge in [-0.15, -0.1) is 11.8 Å². The molecule has 0 aromatic heterocycles. The van der Waals surface area contributed by atoms with E-state index in [2.05, 4.69) is 64.6 Å². The van der Waals surface area contributed by atoms with Gasteiger partial charge in [0.15, 0.2) is 0 Å². The highest BCUT2D eigenvalue weighted by Crippen LogP contribution is 2.48. The first-order chi connectivity index (χ1) is 22.4. The monoisotopic (exact) mass is 675 g/mol. The smallest absolute Gasteiger partial charge is 0.136 e. The van der Waals surface area contributed by atoms with Crippen molar-refractivity contribution in [2.45, 2.75) is 159 Å². The normalized spacial score (nSPS) is 42.0. The van der Waals surface area contributed by atoms with E-state index >= 15 is 0 Å². The van der Waals surface area contributed by atoms with Gasteiger partial charge in [0.2, 0.25) is 0 Å². The SMILES string of the molecule is CC.CC#CC.CC[C@H]1CC(=O)[C@H](C)[C@@H](C[C@@H]2CC(C)[C@H](C#N)[C@](C)(OC)C2)[C@H](C)C[C@](C)(OC)C[C@@H](C)/C(=N\O)C(C)C(C)[C@]1(C)O. The van der Waals surface area contributed by atoms with E-state index < -0.39 is 16.8 Å². The zero-order valence-corrected chi connectivity index (χ0v) is 33.7. The number of carbonyl (C=O) groups is 1. The summed E-state index contributed by atoms with van der Waals surface area (Å²) < 4.78 is 12.1. The van der Waals surface area contributed by atoms with Crippen LogP contribution in [0, 0.1) is 82.4 Å². The minimum Gasteiger partial charge on any atom is -0.411 e. The average Bonchev–Trinajstić information content (AvgIpc) is 3.05. The minimum absolute atomic E-state index is 0.0505. The first-order valence-electron chi connectivity index (χ1n) is 18.7. The Morgan fingerprint density at radius 2 is 1.48 bits per heavy atom. The summed E-state index contributed by atoms with van der Waals surface area (Å²) in [7, 11) is 3.46. The third-order valence-corrected chi connectivity index (χ3v) is 12.5. The van der Waals surface area contributed by atoms with Gasteiger partial charge >= 0.3 is 0 Å².